The van der Waals surface area contributed by atoms with Crippen molar-refractivity contribution < 1.29 is 14.3 Å². The number of likely N-dealkylation sites (N-methyl/N-ethyl adjacent to an activating group) is 1. The Hall–Kier alpha value is -0.900. The van der Waals surface area contributed by atoms with E-state index >= 15 is 0 Å². The predicted octanol–water partition coefficient (Wildman–Crippen LogP) is 1.98. The standard InChI is InChI=1S/C12H23NO3/c1-4-7-8-9-11(14)16-12(15)10-13(5-2)6-3/h4-10H2,1-3H3. The maximum atomic E-state index is 11.3. The normalized spacial score (nSPS) is 10.5. The van der Waals surface area contributed by atoms with E-state index in [1.807, 2.05) is 18.7 Å². The summed E-state index contributed by atoms with van der Waals surface area (Å²) >= 11 is 0. The van der Waals surface area contributed by atoms with Gasteiger partial charge >= 0.3 is 11.9 Å². The van der Waals surface area contributed by atoms with Crippen LogP contribution in [0.25, 0.3) is 0 Å². The first-order chi connectivity index (χ1) is 7.63. The Morgan fingerprint density at radius 1 is 1.00 bits per heavy atom. The van der Waals surface area contributed by atoms with Crippen molar-refractivity contribution >= 4 is 11.9 Å². The quantitative estimate of drug-likeness (QED) is 0.363. The van der Waals surface area contributed by atoms with Gasteiger partial charge in [-0.1, -0.05) is 33.6 Å². The Labute approximate surface area is 98.0 Å². The van der Waals surface area contributed by atoms with Gasteiger partial charge in [0.15, 0.2) is 0 Å². The van der Waals surface area contributed by atoms with Crippen LogP contribution in [0.1, 0.15) is 46.5 Å². The van der Waals surface area contributed by atoms with Gasteiger partial charge in [0.2, 0.25) is 0 Å². The van der Waals surface area contributed by atoms with Gasteiger partial charge in [-0.05, 0) is 19.5 Å². The van der Waals surface area contributed by atoms with Crippen LogP contribution in [0.5, 0.6) is 0 Å². The predicted molar refractivity (Wildman–Crippen MR) is 63.0 cm³/mol. The fraction of sp³-hybridized carbons (Fsp3) is 0.833. The van der Waals surface area contributed by atoms with Crippen LogP contribution in [0, 0.1) is 0 Å². The van der Waals surface area contributed by atoms with E-state index in [2.05, 4.69) is 6.92 Å². The molecule has 0 heterocycles. The molecule has 0 aromatic carbocycles. The molecule has 0 bridgehead atoms. The number of hydrogen-bond donors (Lipinski definition) is 0. The van der Waals surface area contributed by atoms with E-state index in [1.54, 1.807) is 0 Å². The van der Waals surface area contributed by atoms with Crippen LogP contribution in [0.3, 0.4) is 0 Å². The van der Waals surface area contributed by atoms with Crippen molar-refractivity contribution in [2.45, 2.75) is 46.5 Å². The van der Waals surface area contributed by atoms with Crippen molar-refractivity contribution in [1.29, 1.82) is 0 Å². The summed E-state index contributed by atoms with van der Waals surface area (Å²) in [5.41, 5.74) is 0. The van der Waals surface area contributed by atoms with E-state index in [9.17, 15) is 9.59 Å². The van der Waals surface area contributed by atoms with Crippen LogP contribution in [-0.4, -0.2) is 36.5 Å². The lowest BCUT2D eigenvalue weighted by Crippen LogP contribution is -2.31. The molecule has 0 aliphatic carbocycles. The zero-order valence-corrected chi connectivity index (χ0v) is 10.6. The van der Waals surface area contributed by atoms with Crippen LogP contribution >= 0.6 is 0 Å². The second kappa shape index (κ2) is 9.33. The Morgan fingerprint density at radius 3 is 2.12 bits per heavy atom. The minimum Gasteiger partial charge on any atom is -0.392 e. The van der Waals surface area contributed by atoms with Crippen LogP contribution in [0.2, 0.25) is 0 Å². The largest absolute Gasteiger partial charge is 0.392 e. The summed E-state index contributed by atoms with van der Waals surface area (Å²) in [6.45, 7) is 7.79. The molecule has 0 aromatic rings. The highest BCUT2D eigenvalue weighted by Gasteiger charge is 2.12. The molecule has 0 saturated heterocycles. The zero-order chi connectivity index (χ0) is 12.4. The summed E-state index contributed by atoms with van der Waals surface area (Å²) in [4.78, 5) is 24.5. The van der Waals surface area contributed by atoms with Gasteiger partial charge in [0.25, 0.3) is 0 Å². The van der Waals surface area contributed by atoms with E-state index in [-0.39, 0.29) is 6.54 Å². The second-order valence-electron chi connectivity index (χ2n) is 3.76. The highest BCUT2D eigenvalue weighted by atomic mass is 16.6. The van der Waals surface area contributed by atoms with Gasteiger partial charge in [-0.25, -0.2) is 0 Å². The summed E-state index contributed by atoms with van der Waals surface area (Å²) < 4.78 is 4.71. The maximum Gasteiger partial charge on any atom is 0.327 e. The average molecular weight is 229 g/mol. The van der Waals surface area contributed by atoms with Gasteiger partial charge in [-0.15, -0.1) is 0 Å². The van der Waals surface area contributed by atoms with Crippen molar-refractivity contribution in [1.82, 2.24) is 4.90 Å². The molecule has 0 aromatic heterocycles. The molecule has 0 saturated carbocycles. The molecular formula is C12H23NO3. The molecule has 0 radical (unpaired) electrons. The number of rotatable bonds is 8. The lowest BCUT2D eigenvalue weighted by molar-refractivity contribution is -0.160. The molecule has 0 N–H and O–H groups in total. The van der Waals surface area contributed by atoms with E-state index in [0.717, 1.165) is 32.4 Å². The second-order valence-corrected chi connectivity index (χ2v) is 3.76. The molecule has 4 nitrogen and oxygen atoms in total. The fourth-order valence-electron chi connectivity index (χ4n) is 1.36. The van der Waals surface area contributed by atoms with Crippen molar-refractivity contribution in [3.8, 4) is 0 Å². The average Bonchev–Trinajstić information content (AvgIpc) is 2.26. The SMILES string of the molecule is CCCCCC(=O)OC(=O)CN(CC)CC. The first-order valence-corrected chi connectivity index (χ1v) is 6.09. The zero-order valence-electron chi connectivity index (χ0n) is 10.6. The first kappa shape index (κ1) is 15.1. The van der Waals surface area contributed by atoms with Gasteiger partial charge in [0.1, 0.15) is 0 Å². The number of hydrogen-bond acceptors (Lipinski definition) is 4. The monoisotopic (exact) mass is 229 g/mol. The molecule has 16 heavy (non-hydrogen) atoms. The van der Waals surface area contributed by atoms with E-state index < -0.39 is 11.9 Å². The van der Waals surface area contributed by atoms with Crippen LogP contribution < -0.4 is 0 Å². The van der Waals surface area contributed by atoms with Gasteiger partial charge < -0.3 is 4.74 Å². The van der Waals surface area contributed by atoms with E-state index in [4.69, 9.17) is 4.74 Å². The molecule has 0 atom stereocenters. The lowest BCUT2D eigenvalue weighted by atomic mass is 10.2. The molecule has 4 heteroatoms. The molecule has 0 aliphatic heterocycles. The number of carbonyl (C=O) groups is 2. The summed E-state index contributed by atoms with van der Waals surface area (Å²) in [5.74, 6) is -0.837. The summed E-state index contributed by atoms with van der Waals surface area (Å²) in [6.07, 6.45) is 3.20. The van der Waals surface area contributed by atoms with E-state index in [1.165, 1.54) is 0 Å². The van der Waals surface area contributed by atoms with Crippen molar-refractivity contribution in [3.63, 3.8) is 0 Å². The lowest BCUT2D eigenvalue weighted by Gasteiger charge is -2.15. The molecule has 0 fully saturated rings. The van der Waals surface area contributed by atoms with Crippen molar-refractivity contribution in [3.05, 3.63) is 0 Å². The fourth-order valence-corrected chi connectivity index (χ4v) is 1.36. The third-order valence-corrected chi connectivity index (χ3v) is 2.46. The molecule has 0 amide bonds. The minimum absolute atomic E-state index is 0.201. The highest BCUT2D eigenvalue weighted by Crippen LogP contribution is 2.01. The van der Waals surface area contributed by atoms with Gasteiger partial charge in [-0.2, -0.15) is 0 Å². The third kappa shape index (κ3) is 7.40. The minimum atomic E-state index is -0.440. The molecule has 0 rings (SSSR count). The summed E-state index contributed by atoms with van der Waals surface area (Å²) in [5, 5.41) is 0. The number of unbranched alkanes of at least 4 members (excludes halogenated alkanes) is 2. The maximum absolute atomic E-state index is 11.3. The number of carbonyl (C=O) groups excluding carboxylic acids is 2. The Bertz CT molecular complexity index is 212. The molecule has 0 aliphatic rings. The number of esters is 2. The molecule has 0 spiro atoms. The smallest absolute Gasteiger partial charge is 0.327 e. The topological polar surface area (TPSA) is 46.6 Å². The van der Waals surface area contributed by atoms with Crippen molar-refractivity contribution in [2.75, 3.05) is 19.6 Å². The molecule has 0 unspecified atom stereocenters. The highest BCUT2D eigenvalue weighted by molar-refractivity contribution is 5.86. The van der Waals surface area contributed by atoms with Crippen molar-refractivity contribution in [2.24, 2.45) is 0 Å². The number of nitrogens with zero attached hydrogens (tertiary/aromatic N) is 1. The summed E-state index contributed by atoms with van der Waals surface area (Å²) in [6, 6.07) is 0. The molecular weight excluding hydrogens is 206 g/mol. The van der Waals surface area contributed by atoms with Crippen LogP contribution in [0.4, 0.5) is 0 Å². The van der Waals surface area contributed by atoms with Gasteiger partial charge in [0.05, 0.1) is 6.54 Å². The molecule has 94 valence electrons. The Kier molecular flexibility index (Phi) is 8.81. The Balaban J connectivity index is 3.73. The van der Waals surface area contributed by atoms with Crippen LogP contribution in [0.15, 0.2) is 0 Å². The first-order valence-electron chi connectivity index (χ1n) is 6.09. The number of ether oxygens (including phenoxy) is 1. The van der Waals surface area contributed by atoms with Gasteiger partial charge in [0, 0.05) is 6.42 Å². The van der Waals surface area contributed by atoms with Crippen LogP contribution in [-0.2, 0) is 14.3 Å². The van der Waals surface area contributed by atoms with E-state index in [0.29, 0.717) is 6.42 Å². The third-order valence-electron chi connectivity index (χ3n) is 2.46. The Morgan fingerprint density at radius 2 is 1.62 bits per heavy atom. The summed E-state index contributed by atoms with van der Waals surface area (Å²) in [7, 11) is 0. The van der Waals surface area contributed by atoms with Gasteiger partial charge in [-0.3, -0.25) is 14.5 Å².